The Morgan fingerprint density at radius 3 is 1.38 bits per heavy atom. The normalized spacial score (nSPS) is 11.2. The van der Waals surface area contributed by atoms with Crippen molar-refractivity contribution in [3.8, 4) is 11.1 Å². The lowest BCUT2D eigenvalue weighted by Crippen LogP contribution is -2.74. The summed E-state index contributed by atoms with van der Waals surface area (Å²) in [5.74, 6) is 0. The lowest BCUT2D eigenvalue weighted by atomic mass is 10.0. The third kappa shape index (κ3) is 5.51. The van der Waals surface area contributed by atoms with Gasteiger partial charge in [0.15, 0.2) is 8.07 Å². The maximum atomic E-state index is 6.64. The quantitative estimate of drug-likeness (QED) is 0.122. The van der Waals surface area contributed by atoms with Crippen LogP contribution in [0.25, 0.3) is 11.1 Å². The molecule has 0 atom stereocenters. The van der Waals surface area contributed by atoms with Gasteiger partial charge in [-0.1, -0.05) is 169 Å². The standard InChI is InChI=1S/C42H32ClNSi/c43-34-19-15-20-35(31-34)44(42-30-14-13-29-41(42)33-17-5-1-6-18-33)36-21-16-28-40(32-36)45(37-22-7-2-8-23-37,38-24-9-3-10-25-38)39-26-11-4-12-27-39/h1-32H. The van der Waals surface area contributed by atoms with Crippen LogP contribution < -0.4 is 25.6 Å². The number of para-hydroxylation sites is 1. The number of nitrogens with zero attached hydrogens (tertiary/aromatic N) is 1. The van der Waals surface area contributed by atoms with Gasteiger partial charge in [-0.2, -0.15) is 0 Å². The highest BCUT2D eigenvalue weighted by atomic mass is 35.5. The van der Waals surface area contributed by atoms with Gasteiger partial charge in [-0.15, -0.1) is 0 Å². The molecule has 0 heterocycles. The molecule has 0 unspecified atom stereocenters. The van der Waals surface area contributed by atoms with Crippen LogP contribution in [-0.2, 0) is 0 Å². The van der Waals surface area contributed by atoms with Gasteiger partial charge in [-0.3, -0.25) is 0 Å². The predicted octanol–water partition coefficient (Wildman–Crippen LogP) is 8.85. The summed E-state index contributed by atoms with van der Waals surface area (Å²) < 4.78 is 0. The third-order valence-corrected chi connectivity index (χ3v) is 13.5. The van der Waals surface area contributed by atoms with E-state index in [1.807, 2.05) is 18.2 Å². The van der Waals surface area contributed by atoms with Crippen molar-refractivity contribution in [2.45, 2.75) is 0 Å². The van der Waals surface area contributed by atoms with Crippen molar-refractivity contribution in [3.63, 3.8) is 0 Å². The van der Waals surface area contributed by atoms with Gasteiger partial charge >= 0.3 is 0 Å². The van der Waals surface area contributed by atoms with Crippen LogP contribution in [0.3, 0.4) is 0 Å². The highest BCUT2D eigenvalue weighted by Gasteiger charge is 2.41. The lowest BCUT2D eigenvalue weighted by molar-refractivity contribution is 1.29. The van der Waals surface area contributed by atoms with Gasteiger partial charge < -0.3 is 4.90 Å². The molecule has 7 aromatic rings. The van der Waals surface area contributed by atoms with Gasteiger partial charge in [0, 0.05) is 22.0 Å². The molecule has 0 radical (unpaired) electrons. The van der Waals surface area contributed by atoms with Crippen molar-refractivity contribution < 1.29 is 0 Å². The van der Waals surface area contributed by atoms with Crippen molar-refractivity contribution in [1.29, 1.82) is 0 Å². The molecule has 0 saturated carbocycles. The second kappa shape index (κ2) is 12.8. The van der Waals surface area contributed by atoms with Gasteiger partial charge in [0.25, 0.3) is 0 Å². The van der Waals surface area contributed by atoms with Crippen molar-refractivity contribution in [3.05, 3.63) is 199 Å². The summed E-state index contributed by atoms with van der Waals surface area (Å²) in [5, 5.41) is 6.05. The minimum absolute atomic E-state index is 0.701. The fourth-order valence-electron chi connectivity index (χ4n) is 6.52. The zero-order valence-electron chi connectivity index (χ0n) is 24.8. The van der Waals surface area contributed by atoms with E-state index in [1.165, 1.54) is 20.7 Å². The maximum Gasteiger partial charge on any atom is 0.179 e. The largest absolute Gasteiger partial charge is 0.310 e. The molecule has 0 fully saturated rings. The first kappa shape index (κ1) is 28.6. The van der Waals surface area contributed by atoms with E-state index in [0.717, 1.165) is 28.2 Å². The molecule has 0 aromatic heterocycles. The SMILES string of the molecule is Clc1cccc(N(c2cccc([Si](c3ccccc3)(c3ccccc3)c3ccccc3)c2)c2ccccc2-c2ccccc2)c1. The molecule has 0 amide bonds. The third-order valence-electron chi connectivity index (χ3n) is 8.45. The number of rotatable bonds is 8. The van der Waals surface area contributed by atoms with Gasteiger partial charge in [-0.25, -0.2) is 0 Å². The van der Waals surface area contributed by atoms with E-state index >= 15 is 0 Å². The molecular weight excluding hydrogens is 582 g/mol. The van der Waals surface area contributed by atoms with Crippen LogP contribution >= 0.6 is 11.6 Å². The second-order valence-corrected chi connectivity index (χ2v) is 15.3. The molecule has 0 aliphatic rings. The number of hydrogen-bond acceptors (Lipinski definition) is 1. The Bertz CT molecular complexity index is 1910. The molecule has 0 aliphatic heterocycles. The molecule has 0 aliphatic carbocycles. The topological polar surface area (TPSA) is 3.24 Å². The van der Waals surface area contributed by atoms with E-state index in [0.29, 0.717) is 5.02 Å². The Labute approximate surface area is 271 Å². The zero-order valence-corrected chi connectivity index (χ0v) is 26.6. The van der Waals surface area contributed by atoms with Crippen LogP contribution in [0.15, 0.2) is 194 Å². The van der Waals surface area contributed by atoms with Crippen molar-refractivity contribution in [2.24, 2.45) is 0 Å². The molecule has 7 aromatic carbocycles. The van der Waals surface area contributed by atoms with Crippen LogP contribution in [0.4, 0.5) is 17.1 Å². The van der Waals surface area contributed by atoms with E-state index in [4.69, 9.17) is 11.6 Å². The number of anilines is 3. The molecule has 7 rings (SSSR count). The first-order valence-corrected chi connectivity index (χ1v) is 17.6. The average molecular weight is 614 g/mol. The molecule has 1 nitrogen and oxygen atoms in total. The van der Waals surface area contributed by atoms with Crippen LogP contribution in [0.1, 0.15) is 0 Å². The Hall–Kier alpha value is -5.15. The Kier molecular flexibility index (Phi) is 8.16. The monoisotopic (exact) mass is 613 g/mol. The van der Waals surface area contributed by atoms with Gasteiger partial charge in [0.05, 0.1) is 5.69 Å². The van der Waals surface area contributed by atoms with Crippen LogP contribution in [0.2, 0.25) is 5.02 Å². The van der Waals surface area contributed by atoms with E-state index in [-0.39, 0.29) is 0 Å². The Morgan fingerprint density at radius 2 is 0.822 bits per heavy atom. The Morgan fingerprint density at radius 1 is 0.378 bits per heavy atom. The fraction of sp³-hybridized carbons (Fsp3) is 0. The van der Waals surface area contributed by atoms with E-state index in [2.05, 4.69) is 181 Å². The van der Waals surface area contributed by atoms with Gasteiger partial charge in [0.2, 0.25) is 0 Å². The minimum atomic E-state index is -2.72. The highest BCUT2D eigenvalue weighted by Crippen LogP contribution is 2.41. The molecule has 3 heteroatoms. The van der Waals surface area contributed by atoms with Crippen LogP contribution in [0, 0.1) is 0 Å². The molecule has 0 N–H and O–H groups in total. The number of halogens is 1. The average Bonchev–Trinajstić information content (AvgIpc) is 3.11. The lowest BCUT2D eigenvalue weighted by Gasteiger charge is -2.35. The summed E-state index contributed by atoms with van der Waals surface area (Å²) >= 11 is 6.64. The highest BCUT2D eigenvalue weighted by molar-refractivity contribution is 7.19. The maximum absolute atomic E-state index is 6.64. The number of hydrogen-bond donors (Lipinski definition) is 0. The predicted molar refractivity (Wildman–Crippen MR) is 195 cm³/mol. The van der Waals surface area contributed by atoms with Crippen LogP contribution in [0.5, 0.6) is 0 Å². The summed E-state index contributed by atoms with van der Waals surface area (Å²) in [6.07, 6.45) is 0. The molecule has 0 bridgehead atoms. The molecule has 216 valence electrons. The first-order valence-electron chi connectivity index (χ1n) is 15.2. The fourth-order valence-corrected chi connectivity index (χ4v) is 11.5. The zero-order chi connectivity index (χ0) is 30.5. The smallest absolute Gasteiger partial charge is 0.179 e. The first-order chi connectivity index (χ1) is 22.2. The summed E-state index contributed by atoms with van der Waals surface area (Å²) in [7, 11) is -2.72. The summed E-state index contributed by atoms with van der Waals surface area (Å²) in [6.45, 7) is 0. The molecule has 0 saturated heterocycles. The molecule has 45 heavy (non-hydrogen) atoms. The van der Waals surface area contributed by atoms with Gasteiger partial charge in [0.1, 0.15) is 0 Å². The van der Waals surface area contributed by atoms with Crippen LogP contribution in [-0.4, -0.2) is 8.07 Å². The van der Waals surface area contributed by atoms with E-state index in [1.54, 1.807) is 0 Å². The van der Waals surface area contributed by atoms with E-state index < -0.39 is 8.07 Å². The summed E-state index contributed by atoms with van der Waals surface area (Å²) in [4.78, 5) is 2.35. The van der Waals surface area contributed by atoms with Crippen molar-refractivity contribution in [2.75, 3.05) is 4.90 Å². The van der Waals surface area contributed by atoms with Gasteiger partial charge in [-0.05, 0) is 62.7 Å². The number of benzene rings is 7. The summed E-state index contributed by atoms with van der Waals surface area (Å²) in [5.41, 5.74) is 5.50. The molecular formula is C42H32ClNSi. The van der Waals surface area contributed by atoms with Crippen molar-refractivity contribution >= 4 is 57.5 Å². The molecule has 0 spiro atoms. The summed E-state index contributed by atoms with van der Waals surface area (Å²) in [6, 6.07) is 69.7. The van der Waals surface area contributed by atoms with Crippen molar-refractivity contribution in [1.82, 2.24) is 0 Å². The second-order valence-electron chi connectivity index (χ2n) is 11.1. The Balaban J connectivity index is 1.52. The van der Waals surface area contributed by atoms with E-state index in [9.17, 15) is 0 Å². The minimum Gasteiger partial charge on any atom is -0.310 e.